The first-order chi connectivity index (χ1) is 9.56. The summed E-state index contributed by atoms with van der Waals surface area (Å²) in [5.41, 5.74) is 7.40. The number of nitrogens with two attached hydrogens (primary N) is 1. The first kappa shape index (κ1) is 13.9. The van der Waals surface area contributed by atoms with Crippen molar-refractivity contribution < 1.29 is 4.79 Å². The fraction of sp³-hybridized carbons (Fsp3) is 0.0714. The molecule has 0 spiro atoms. The summed E-state index contributed by atoms with van der Waals surface area (Å²) in [6.45, 7) is 0. The van der Waals surface area contributed by atoms with Gasteiger partial charge in [-0.3, -0.25) is 4.79 Å². The van der Waals surface area contributed by atoms with E-state index in [9.17, 15) is 4.79 Å². The van der Waals surface area contributed by atoms with Gasteiger partial charge in [0.2, 0.25) is 5.91 Å². The molecular formula is C14H10BrClN2OS. The molecule has 3 rings (SSSR count). The van der Waals surface area contributed by atoms with Crippen LogP contribution in [-0.4, -0.2) is 5.91 Å². The molecule has 0 bridgehead atoms. The number of amides is 1. The predicted octanol–water partition coefficient (Wildman–Crippen LogP) is 4.21. The molecule has 0 aromatic heterocycles. The maximum Gasteiger partial charge on any atom is 0.245 e. The van der Waals surface area contributed by atoms with Crippen LogP contribution in [0.5, 0.6) is 0 Å². The number of nitrogens with one attached hydrogen (secondary N) is 1. The zero-order valence-corrected chi connectivity index (χ0v) is 13.3. The Morgan fingerprint density at radius 3 is 2.75 bits per heavy atom. The molecule has 2 aromatic rings. The second-order valence-corrected chi connectivity index (χ2v) is 6.71. The van der Waals surface area contributed by atoms with Crippen molar-refractivity contribution in [2.75, 3.05) is 5.32 Å². The molecule has 1 amide bonds. The van der Waals surface area contributed by atoms with E-state index >= 15 is 0 Å². The van der Waals surface area contributed by atoms with E-state index < -0.39 is 6.04 Å². The number of carbonyl (C=O) groups is 1. The van der Waals surface area contributed by atoms with Crippen LogP contribution in [0.25, 0.3) is 0 Å². The van der Waals surface area contributed by atoms with Gasteiger partial charge >= 0.3 is 0 Å². The van der Waals surface area contributed by atoms with Gasteiger partial charge in [0.1, 0.15) is 6.04 Å². The number of hydrogen-bond donors (Lipinski definition) is 2. The highest BCUT2D eigenvalue weighted by Crippen LogP contribution is 2.42. The average Bonchev–Trinajstić information content (AvgIpc) is 2.69. The van der Waals surface area contributed by atoms with Crippen molar-refractivity contribution in [3.05, 3.63) is 51.5 Å². The van der Waals surface area contributed by atoms with Crippen molar-refractivity contribution in [3.8, 4) is 0 Å². The number of hydrogen-bond acceptors (Lipinski definition) is 3. The lowest BCUT2D eigenvalue weighted by atomic mass is 10.1. The fourth-order valence-corrected chi connectivity index (χ4v) is 3.75. The lowest BCUT2D eigenvalue weighted by Gasteiger charge is -2.09. The summed E-state index contributed by atoms with van der Waals surface area (Å²) < 4.78 is 0.896. The largest absolute Gasteiger partial charge is 0.324 e. The molecule has 1 unspecified atom stereocenters. The molecular weight excluding hydrogens is 360 g/mol. The number of fused-ring (bicyclic) bond motifs is 1. The molecule has 0 saturated carbocycles. The van der Waals surface area contributed by atoms with E-state index in [1.54, 1.807) is 0 Å². The molecule has 1 aliphatic rings. The van der Waals surface area contributed by atoms with Crippen LogP contribution in [0.2, 0.25) is 5.02 Å². The zero-order valence-electron chi connectivity index (χ0n) is 10.2. The third-order valence-electron chi connectivity index (χ3n) is 3.04. The molecule has 3 nitrogen and oxygen atoms in total. The molecule has 6 heteroatoms. The standard InChI is InChI=1S/C14H10BrClN2OS/c15-8-5-7-10(18-14(19)13(7)17)6-12(8)20-11-4-2-1-3-9(11)16/h1-6,13H,17H2,(H,18,19). The number of rotatable bonds is 2. The quantitative estimate of drug-likeness (QED) is 0.834. The molecule has 0 radical (unpaired) electrons. The predicted molar refractivity (Wildman–Crippen MR) is 85.3 cm³/mol. The van der Waals surface area contributed by atoms with E-state index in [0.29, 0.717) is 5.02 Å². The van der Waals surface area contributed by atoms with Crippen molar-refractivity contribution in [1.82, 2.24) is 0 Å². The number of halogens is 2. The van der Waals surface area contributed by atoms with Gasteiger partial charge in [0.05, 0.1) is 5.02 Å². The number of carbonyl (C=O) groups excluding carboxylic acids is 1. The highest BCUT2D eigenvalue weighted by atomic mass is 79.9. The molecule has 1 aliphatic heterocycles. The highest BCUT2D eigenvalue weighted by Gasteiger charge is 2.28. The van der Waals surface area contributed by atoms with Crippen LogP contribution in [-0.2, 0) is 4.79 Å². The Kier molecular flexibility index (Phi) is 3.77. The Bertz CT molecular complexity index is 708. The van der Waals surface area contributed by atoms with Crippen LogP contribution in [0, 0.1) is 0 Å². The third kappa shape index (κ3) is 2.46. The van der Waals surface area contributed by atoms with Gasteiger partial charge in [-0.1, -0.05) is 35.5 Å². The number of anilines is 1. The zero-order chi connectivity index (χ0) is 14.3. The fourth-order valence-electron chi connectivity index (χ4n) is 2.01. The van der Waals surface area contributed by atoms with Crippen LogP contribution in [0.4, 0.5) is 5.69 Å². The van der Waals surface area contributed by atoms with Crippen LogP contribution in [0.15, 0.2) is 50.7 Å². The molecule has 1 atom stereocenters. The van der Waals surface area contributed by atoms with Gasteiger partial charge in [-0.05, 0) is 40.2 Å². The molecule has 102 valence electrons. The summed E-state index contributed by atoms with van der Waals surface area (Å²) in [5.74, 6) is -0.174. The number of benzene rings is 2. The highest BCUT2D eigenvalue weighted by molar-refractivity contribution is 9.10. The van der Waals surface area contributed by atoms with Crippen molar-refractivity contribution in [2.45, 2.75) is 15.8 Å². The molecule has 2 aromatic carbocycles. The Balaban J connectivity index is 1.99. The van der Waals surface area contributed by atoms with Crippen LogP contribution < -0.4 is 11.1 Å². The summed E-state index contributed by atoms with van der Waals surface area (Å²) in [6.07, 6.45) is 0. The van der Waals surface area contributed by atoms with Gasteiger partial charge in [-0.15, -0.1) is 0 Å². The first-order valence-corrected chi connectivity index (χ1v) is 7.87. The lowest BCUT2D eigenvalue weighted by Crippen LogP contribution is -2.19. The Morgan fingerprint density at radius 1 is 1.25 bits per heavy atom. The minimum Gasteiger partial charge on any atom is -0.324 e. The van der Waals surface area contributed by atoms with Gasteiger partial charge in [-0.25, -0.2) is 0 Å². The molecule has 0 fully saturated rings. The Morgan fingerprint density at radius 2 is 2.00 bits per heavy atom. The summed E-state index contributed by atoms with van der Waals surface area (Å²) in [5, 5.41) is 3.48. The third-order valence-corrected chi connectivity index (χ3v) is 5.53. The molecule has 0 saturated heterocycles. The topological polar surface area (TPSA) is 55.1 Å². The molecule has 3 N–H and O–H groups in total. The van der Waals surface area contributed by atoms with Gasteiger partial charge in [0.25, 0.3) is 0 Å². The summed E-state index contributed by atoms with van der Waals surface area (Å²) in [7, 11) is 0. The first-order valence-electron chi connectivity index (χ1n) is 5.88. The van der Waals surface area contributed by atoms with Crippen LogP contribution in [0.1, 0.15) is 11.6 Å². The van der Waals surface area contributed by atoms with E-state index in [4.69, 9.17) is 17.3 Å². The van der Waals surface area contributed by atoms with Gasteiger partial charge < -0.3 is 11.1 Å². The monoisotopic (exact) mass is 368 g/mol. The van der Waals surface area contributed by atoms with Gasteiger partial charge in [-0.2, -0.15) is 0 Å². The maximum absolute atomic E-state index is 11.6. The van der Waals surface area contributed by atoms with Gasteiger partial charge in [0, 0.05) is 25.5 Å². The maximum atomic E-state index is 11.6. The van der Waals surface area contributed by atoms with Crippen molar-refractivity contribution >= 4 is 50.9 Å². The average molecular weight is 370 g/mol. The minimum absolute atomic E-state index is 0.174. The molecule has 1 heterocycles. The lowest BCUT2D eigenvalue weighted by molar-refractivity contribution is -0.116. The Hall–Kier alpha value is -1.01. The van der Waals surface area contributed by atoms with Crippen molar-refractivity contribution in [2.24, 2.45) is 5.73 Å². The van der Waals surface area contributed by atoms with Crippen molar-refractivity contribution in [1.29, 1.82) is 0 Å². The normalized spacial score (nSPS) is 16.9. The summed E-state index contributed by atoms with van der Waals surface area (Å²) >= 11 is 11.2. The van der Waals surface area contributed by atoms with Gasteiger partial charge in [0.15, 0.2) is 0 Å². The minimum atomic E-state index is -0.597. The van der Waals surface area contributed by atoms with E-state index in [2.05, 4.69) is 21.2 Å². The van der Waals surface area contributed by atoms with Crippen LogP contribution >= 0.6 is 39.3 Å². The SMILES string of the molecule is NC1C(=O)Nc2cc(Sc3ccccc3Cl)c(Br)cc21. The second-order valence-electron chi connectivity index (χ2n) is 4.37. The van der Waals surface area contributed by atoms with E-state index in [-0.39, 0.29) is 5.91 Å². The second kappa shape index (κ2) is 5.41. The summed E-state index contributed by atoms with van der Waals surface area (Å²) in [6, 6.07) is 10.8. The summed E-state index contributed by atoms with van der Waals surface area (Å²) in [4.78, 5) is 13.5. The molecule has 0 aliphatic carbocycles. The van der Waals surface area contributed by atoms with Crippen LogP contribution in [0.3, 0.4) is 0 Å². The van der Waals surface area contributed by atoms with E-state index in [1.807, 2.05) is 36.4 Å². The Labute approximate surface area is 134 Å². The molecule has 20 heavy (non-hydrogen) atoms. The van der Waals surface area contributed by atoms with Crippen molar-refractivity contribution in [3.63, 3.8) is 0 Å². The smallest absolute Gasteiger partial charge is 0.245 e. The van der Waals surface area contributed by atoms with E-state index in [0.717, 1.165) is 25.5 Å². The van der Waals surface area contributed by atoms with E-state index in [1.165, 1.54) is 11.8 Å².